The molecular weight excluding hydrogens is 188 g/mol. The Bertz CT molecular complexity index is 257. The SMILES string of the molecule is C/C=C/C1(C)COC(=O)C(CC)C1CC. The molecule has 0 aromatic rings. The van der Waals surface area contributed by atoms with Crippen molar-refractivity contribution in [2.24, 2.45) is 17.3 Å². The highest BCUT2D eigenvalue weighted by Gasteiger charge is 2.44. The zero-order valence-electron chi connectivity index (χ0n) is 10.2. The molecule has 0 aromatic carbocycles. The number of hydrogen-bond donors (Lipinski definition) is 0. The van der Waals surface area contributed by atoms with Gasteiger partial charge in [0.1, 0.15) is 6.61 Å². The largest absolute Gasteiger partial charge is 0.465 e. The molecule has 0 saturated carbocycles. The molecule has 0 N–H and O–H groups in total. The van der Waals surface area contributed by atoms with Gasteiger partial charge in [0.15, 0.2) is 0 Å². The topological polar surface area (TPSA) is 26.3 Å². The van der Waals surface area contributed by atoms with Crippen LogP contribution in [-0.4, -0.2) is 12.6 Å². The number of esters is 1. The van der Waals surface area contributed by atoms with Gasteiger partial charge in [0.2, 0.25) is 0 Å². The van der Waals surface area contributed by atoms with Crippen LogP contribution in [0.5, 0.6) is 0 Å². The van der Waals surface area contributed by atoms with Gasteiger partial charge in [-0.1, -0.05) is 39.3 Å². The maximum absolute atomic E-state index is 11.6. The van der Waals surface area contributed by atoms with Crippen molar-refractivity contribution < 1.29 is 9.53 Å². The molecule has 1 saturated heterocycles. The first-order chi connectivity index (χ1) is 7.09. The standard InChI is InChI=1S/C13H22O2/c1-5-8-13(4)9-15-12(14)10(6-2)11(13)7-3/h5,8,10-11H,6-7,9H2,1-4H3/b8-5+. The second-order valence-corrected chi connectivity index (χ2v) is 4.64. The van der Waals surface area contributed by atoms with E-state index >= 15 is 0 Å². The summed E-state index contributed by atoms with van der Waals surface area (Å²) >= 11 is 0. The van der Waals surface area contributed by atoms with Crippen molar-refractivity contribution in [2.45, 2.75) is 40.5 Å². The highest BCUT2D eigenvalue weighted by Crippen LogP contribution is 2.42. The molecular formula is C13H22O2. The van der Waals surface area contributed by atoms with Gasteiger partial charge in [-0.3, -0.25) is 4.79 Å². The van der Waals surface area contributed by atoms with Gasteiger partial charge in [-0.05, 0) is 19.3 Å². The number of carbonyl (C=O) groups excluding carboxylic acids is 1. The van der Waals surface area contributed by atoms with E-state index in [2.05, 4.69) is 32.9 Å². The summed E-state index contributed by atoms with van der Waals surface area (Å²) in [6, 6.07) is 0. The lowest BCUT2D eigenvalue weighted by Crippen LogP contribution is -2.45. The first kappa shape index (κ1) is 12.3. The molecule has 1 aliphatic rings. The van der Waals surface area contributed by atoms with Gasteiger partial charge in [-0.15, -0.1) is 0 Å². The lowest BCUT2D eigenvalue weighted by Gasteiger charge is -2.42. The van der Waals surface area contributed by atoms with E-state index in [-0.39, 0.29) is 17.3 Å². The molecule has 86 valence electrons. The van der Waals surface area contributed by atoms with Crippen molar-refractivity contribution >= 4 is 5.97 Å². The van der Waals surface area contributed by atoms with Gasteiger partial charge in [-0.2, -0.15) is 0 Å². The van der Waals surface area contributed by atoms with Gasteiger partial charge >= 0.3 is 5.97 Å². The van der Waals surface area contributed by atoms with Crippen LogP contribution in [0.1, 0.15) is 40.5 Å². The van der Waals surface area contributed by atoms with Gasteiger partial charge in [0, 0.05) is 5.41 Å². The summed E-state index contributed by atoms with van der Waals surface area (Å²) in [6.07, 6.45) is 6.17. The summed E-state index contributed by atoms with van der Waals surface area (Å²) < 4.78 is 5.29. The molecule has 1 rings (SSSR count). The number of carbonyl (C=O) groups is 1. The molecule has 1 fully saturated rings. The zero-order valence-corrected chi connectivity index (χ0v) is 10.2. The van der Waals surface area contributed by atoms with E-state index in [0.717, 1.165) is 12.8 Å². The van der Waals surface area contributed by atoms with E-state index in [1.54, 1.807) is 0 Å². The van der Waals surface area contributed by atoms with Crippen LogP contribution in [0.25, 0.3) is 0 Å². The number of cyclic esters (lactones) is 1. The van der Waals surface area contributed by atoms with Gasteiger partial charge in [0.25, 0.3) is 0 Å². The fraction of sp³-hybridized carbons (Fsp3) is 0.769. The maximum Gasteiger partial charge on any atom is 0.309 e. The predicted molar refractivity (Wildman–Crippen MR) is 61.4 cm³/mol. The van der Waals surface area contributed by atoms with Crippen LogP contribution in [0.4, 0.5) is 0 Å². The van der Waals surface area contributed by atoms with Crippen molar-refractivity contribution in [1.82, 2.24) is 0 Å². The summed E-state index contributed by atoms with van der Waals surface area (Å²) in [5.41, 5.74) is 0.0259. The summed E-state index contributed by atoms with van der Waals surface area (Å²) in [4.78, 5) is 11.6. The Balaban J connectivity index is 2.95. The normalized spacial score (nSPS) is 36.9. The van der Waals surface area contributed by atoms with Crippen LogP contribution in [0.3, 0.4) is 0 Å². The molecule has 0 amide bonds. The van der Waals surface area contributed by atoms with E-state index in [4.69, 9.17) is 4.74 Å². The van der Waals surface area contributed by atoms with Crippen molar-refractivity contribution in [3.8, 4) is 0 Å². The van der Waals surface area contributed by atoms with E-state index in [1.807, 2.05) is 6.92 Å². The van der Waals surface area contributed by atoms with Gasteiger partial charge in [0.05, 0.1) is 5.92 Å². The average molecular weight is 210 g/mol. The molecule has 0 aromatic heterocycles. The smallest absolute Gasteiger partial charge is 0.309 e. The van der Waals surface area contributed by atoms with Crippen molar-refractivity contribution in [3.63, 3.8) is 0 Å². The first-order valence-electron chi connectivity index (χ1n) is 5.89. The lowest BCUT2D eigenvalue weighted by molar-refractivity contribution is -0.166. The van der Waals surface area contributed by atoms with Gasteiger partial charge < -0.3 is 4.74 Å². The van der Waals surface area contributed by atoms with Crippen LogP contribution < -0.4 is 0 Å². The summed E-state index contributed by atoms with van der Waals surface area (Å²) in [5, 5.41) is 0. The highest BCUT2D eigenvalue weighted by molar-refractivity contribution is 5.74. The van der Waals surface area contributed by atoms with Crippen molar-refractivity contribution in [3.05, 3.63) is 12.2 Å². The van der Waals surface area contributed by atoms with Crippen molar-refractivity contribution in [1.29, 1.82) is 0 Å². The molecule has 1 aliphatic heterocycles. The van der Waals surface area contributed by atoms with E-state index in [1.165, 1.54) is 0 Å². The van der Waals surface area contributed by atoms with Gasteiger partial charge in [-0.25, -0.2) is 0 Å². The lowest BCUT2D eigenvalue weighted by atomic mass is 9.67. The zero-order chi connectivity index (χ0) is 11.5. The highest BCUT2D eigenvalue weighted by atomic mass is 16.5. The molecule has 3 unspecified atom stereocenters. The minimum absolute atomic E-state index is 0.00803. The minimum Gasteiger partial charge on any atom is -0.465 e. The Labute approximate surface area is 92.7 Å². The monoisotopic (exact) mass is 210 g/mol. The fourth-order valence-electron chi connectivity index (χ4n) is 2.82. The van der Waals surface area contributed by atoms with Crippen LogP contribution >= 0.6 is 0 Å². The summed E-state index contributed by atoms with van der Waals surface area (Å²) in [5.74, 6) is 0.483. The van der Waals surface area contributed by atoms with E-state index in [0.29, 0.717) is 12.5 Å². The molecule has 0 spiro atoms. The Hall–Kier alpha value is -0.790. The molecule has 2 heteroatoms. The third-order valence-corrected chi connectivity index (χ3v) is 3.59. The molecule has 2 nitrogen and oxygen atoms in total. The third kappa shape index (κ3) is 2.24. The number of rotatable bonds is 3. The summed E-state index contributed by atoms with van der Waals surface area (Å²) in [6.45, 7) is 8.97. The Morgan fingerprint density at radius 3 is 2.60 bits per heavy atom. The molecule has 0 bridgehead atoms. The maximum atomic E-state index is 11.6. The Morgan fingerprint density at radius 2 is 2.13 bits per heavy atom. The molecule has 15 heavy (non-hydrogen) atoms. The number of allylic oxidation sites excluding steroid dienone is 1. The molecule has 3 atom stereocenters. The van der Waals surface area contributed by atoms with E-state index in [9.17, 15) is 4.79 Å². The first-order valence-corrected chi connectivity index (χ1v) is 5.89. The Kier molecular flexibility index (Phi) is 3.95. The molecule has 1 heterocycles. The number of hydrogen-bond acceptors (Lipinski definition) is 2. The second-order valence-electron chi connectivity index (χ2n) is 4.64. The molecule has 0 aliphatic carbocycles. The van der Waals surface area contributed by atoms with Crippen LogP contribution in [-0.2, 0) is 9.53 Å². The quantitative estimate of drug-likeness (QED) is 0.528. The second kappa shape index (κ2) is 4.82. The van der Waals surface area contributed by atoms with Crippen LogP contribution in [0.15, 0.2) is 12.2 Å². The molecule has 0 radical (unpaired) electrons. The van der Waals surface area contributed by atoms with Crippen molar-refractivity contribution in [2.75, 3.05) is 6.61 Å². The predicted octanol–water partition coefficient (Wildman–Crippen LogP) is 3.18. The van der Waals surface area contributed by atoms with Crippen LogP contribution in [0, 0.1) is 17.3 Å². The van der Waals surface area contributed by atoms with Crippen LogP contribution in [0.2, 0.25) is 0 Å². The van der Waals surface area contributed by atoms with E-state index < -0.39 is 0 Å². The minimum atomic E-state index is -0.00803. The average Bonchev–Trinajstić information content (AvgIpc) is 2.21. The number of ether oxygens (including phenoxy) is 1. The Morgan fingerprint density at radius 1 is 1.47 bits per heavy atom. The third-order valence-electron chi connectivity index (χ3n) is 3.59. The fourth-order valence-corrected chi connectivity index (χ4v) is 2.82. The summed E-state index contributed by atoms with van der Waals surface area (Å²) in [7, 11) is 0.